The van der Waals surface area contributed by atoms with Gasteiger partial charge in [0.1, 0.15) is 5.82 Å². The number of carbonyl (C=O) groups excluding carboxylic acids is 1. The molecule has 1 saturated carbocycles. The Morgan fingerprint density at radius 2 is 2.10 bits per heavy atom. The minimum atomic E-state index is -3.98. The van der Waals surface area contributed by atoms with Crippen LogP contribution in [0.5, 0.6) is 0 Å². The Morgan fingerprint density at radius 3 is 2.57 bits per heavy atom. The van der Waals surface area contributed by atoms with E-state index in [4.69, 9.17) is 5.14 Å². The highest BCUT2D eigenvalue weighted by atomic mass is 32.2. The zero-order valence-electron chi connectivity index (χ0n) is 12.0. The van der Waals surface area contributed by atoms with E-state index in [1.54, 1.807) is 0 Å². The largest absolute Gasteiger partial charge is 0.349 e. The summed E-state index contributed by atoms with van der Waals surface area (Å²) in [4.78, 5) is 11.7. The molecule has 1 atom stereocenters. The Morgan fingerprint density at radius 1 is 1.43 bits per heavy atom. The Balaban J connectivity index is 2.14. The summed E-state index contributed by atoms with van der Waals surface area (Å²) in [6, 6.07) is 3.06. The SMILES string of the molecule is CC1(C)CCC(NC(=O)c2ccc(S(N)(=O)=O)cc2F)C1. The molecule has 1 aliphatic carbocycles. The van der Waals surface area contributed by atoms with Gasteiger partial charge < -0.3 is 5.32 Å². The van der Waals surface area contributed by atoms with Gasteiger partial charge in [-0.1, -0.05) is 13.8 Å². The second-order valence-electron chi connectivity index (χ2n) is 6.26. The Labute approximate surface area is 123 Å². The van der Waals surface area contributed by atoms with Crippen LogP contribution in [-0.2, 0) is 10.0 Å². The zero-order valence-corrected chi connectivity index (χ0v) is 12.8. The number of amides is 1. The van der Waals surface area contributed by atoms with Gasteiger partial charge >= 0.3 is 0 Å². The number of rotatable bonds is 3. The van der Waals surface area contributed by atoms with Crippen LogP contribution >= 0.6 is 0 Å². The highest BCUT2D eigenvalue weighted by molar-refractivity contribution is 7.89. The van der Waals surface area contributed by atoms with E-state index in [0.717, 1.165) is 37.5 Å². The smallest absolute Gasteiger partial charge is 0.254 e. The average molecular weight is 314 g/mol. The van der Waals surface area contributed by atoms with Gasteiger partial charge in [-0.05, 0) is 42.9 Å². The van der Waals surface area contributed by atoms with Gasteiger partial charge in [0.2, 0.25) is 10.0 Å². The minimum Gasteiger partial charge on any atom is -0.349 e. The summed E-state index contributed by atoms with van der Waals surface area (Å²) >= 11 is 0. The van der Waals surface area contributed by atoms with Crippen molar-refractivity contribution < 1.29 is 17.6 Å². The van der Waals surface area contributed by atoms with Crippen LogP contribution < -0.4 is 10.5 Å². The standard InChI is InChI=1S/C14H19FN2O3S/c1-14(2)6-5-9(8-14)17-13(18)11-4-3-10(7-12(11)15)21(16,19)20/h3-4,7,9H,5-6,8H2,1-2H3,(H,17,18)(H2,16,19,20). The van der Waals surface area contributed by atoms with Gasteiger partial charge in [0.05, 0.1) is 10.5 Å². The van der Waals surface area contributed by atoms with Crippen LogP contribution in [0.3, 0.4) is 0 Å². The highest BCUT2D eigenvalue weighted by Gasteiger charge is 2.32. The molecule has 1 unspecified atom stereocenters. The van der Waals surface area contributed by atoms with Gasteiger partial charge in [-0.3, -0.25) is 4.79 Å². The van der Waals surface area contributed by atoms with Crippen molar-refractivity contribution >= 4 is 15.9 Å². The number of nitrogens with one attached hydrogen (secondary N) is 1. The van der Waals surface area contributed by atoms with Gasteiger partial charge in [-0.2, -0.15) is 0 Å². The lowest BCUT2D eigenvalue weighted by atomic mass is 9.92. The third-order valence-electron chi connectivity index (χ3n) is 3.82. The number of nitrogens with two attached hydrogens (primary N) is 1. The van der Waals surface area contributed by atoms with Crippen LogP contribution in [0.15, 0.2) is 23.1 Å². The molecule has 0 aromatic heterocycles. The van der Waals surface area contributed by atoms with Crippen molar-refractivity contribution in [3.63, 3.8) is 0 Å². The molecule has 116 valence electrons. The van der Waals surface area contributed by atoms with Gasteiger partial charge in [-0.25, -0.2) is 17.9 Å². The monoisotopic (exact) mass is 314 g/mol. The molecule has 1 aromatic rings. The number of hydrogen-bond acceptors (Lipinski definition) is 3. The first kappa shape index (κ1) is 15.9. The molecule has 0 bridgehead atoms. The van der Waals surface area contributed by atoms with Crippen LogP contribution in [0.25, 0.3) is 0 Å². The third kappa shape index (κ3) is 3.79. The van der Waals surface area contributed by atoms with Crippen molar-refractivity contribution in [2.75, 3.05) is 0 Å². The maximum absolute atomic E-state index is 13.9. The molecule has 0 spiro atoms. The number of primary sulfonamides is 1. The number of benzene rings is 1. The van der Waals surface area contributed by atoms with Crippen molar-refractivity contribution in [3.8, 4) is 0 Å². The van der Waals surface area contributed by atoms with Crippen LogP contribution in [0.1, 0.15) is 43.5 Å². The van der Waals surface area contributed by atoms with Crippen molar-refractivity contribution in [2.45, 2.75) is 44.0 Å². The summed E-state index contributed by atoms with van der Waals surface area (Å²) in [5.41, 5.74) is 0.000604. The van der Waals surface area contributed by atoms with Gasteiger partial charge in [0.25, 0.3) is 5.91 Å². The average Bonchev–Trinajstić information content (AvgIpc) is 2.67. The summed E-state index contributed by atoms with van der Waals surface area (Å²) < 4.78 is 36.1. The molecule has 1 fully saturated rings. The lowest BCUT2D eigenvalue weighted by molar-refractivity contribution is 0.0932. The molecule has 1 aromatic carbocycles. The lowest BCUT2D eigenvalue weighted by Gasteiger charge is -2.18. The fourth-order valence-corrected chi connectivity index (χ4v) is 3.20. The molecular formula is C14H19FN2O3S. The highest BCUT2D eigenvalue weighted by Crippen LogP contribution is 2.37. The van der Waals surface area contributed by atoms with Gasteiger partial charge in [-0.15, -0.1) is 0 Å². The Bertz CT molecular complexity index is 671. The van der Waals surface area contributed by atoms with Crippen LogP contribution in [0, 0.1) is 11.2 Å². The maximum Gasteiger partial charge on any atom is 0.254 e. The Kier molecular flexibility index (Phi) is 4.08. The van der Waals surface area contributed by atoms with E-state index in [-0.39, 0.29) is 21.9 Å². The fraction of sp³-hybridized carbons (Fsp3) is 0.500. The van der Waals surface area contributed by atoms with Crippen molar-refractivity contribution in [2.24, 2.45) is 10.6 Å². The van der Waals surface area contributed by atoms with Crippen molar-refractivity contribution in [3.05, 3.63) is 29.6 Å². The van der Waals surface area contributed by atoms with Crippen LogP contribution in [-0.4, -0.2) is 20.4 Å². The second kappa shape index (κ2) is 5.38. The number of sulfonamides is 1. The normalized spacial score (nSPS) is 21.2. The van der Waals surface area contributed by atoms with Crippen LogP contribution in [0.4, 0.5) is 4.39 Å². The van der Waals surface area contributed by atoms with E-state index >= 15 is 0 Å². The van der Waals surface area contributed by atoms with E-state index in [1.807, 2.05) is 0 Å². The molecule has 1 amide bonds. The van der Waals surface area contributed by atoms with Crippen molar-refractivity contribution in [1.82, 2.24) is 5.32 Å². The molecule has 0 saturated heterocycles. The molecule has 2 rings (SSSR count). The Hall–Kier alpha value is -1.47. The molecule has 0 aliphatic heterocycles. The number of hydrogen-bond donors (Lipinski definition) is 2. The van der Waals surface area contributed by atoms with E-state index < -0.39 is 21.7 Å². The molecule has 1 aliphatic rings. The molecule has 5 nitrogen and oxygen atoms in total. The van der Waals surface area contributed by atoms with E-state index in [9.17, 15) is 17.6 Å². The fourth-order valence-electron chi connectivity index (χ4n) is 2.68. The predicted molar refractivity (Wildman–Crippen MR) is 76.7 cm³/mol. The molecule has 0 radical (unpaired) electrons. The number of halogens is 1. The predicted octanol–water partition coefficient (Wildman–Crippen LogP) is 1.78. The van der Waals surface area contributed by atoms with E-state index in [1.165, 1.54) is 0 Å². The van der Waals surface area contributed by atoms with Gasteiger partial charge in [0, 0.05) is 6.04 Å². The summed E-state index contributed by atoms with van der Waals surface area (Å²) in [5.74, 6) is -1.42. The first-order valence-electron chi connectivity index (χ1n) is 6.72. The second-order valence-corrected chi connectivity index (χ2v) is 7.83. The first-order valence-corrected chi connectivity index (χ1v) is 8.26. The summed E-state index contributed by atoms with van der Waals surface area (Å²) in [6.45, 7) is 4.25. The van der Waals surface area contributed by atoms with Gasteiger partial charge in [0.15, 0.2) is 0 Å². The summed E-state index contributed by atoms with van der Waals surface area (Å²) in [5, 5.41) is 7.71. The summed E-state index contributed by atoms with van der Waals surface area (Å²) in [6.07, 6.45) is 2.70. The molecule has 3 N–H and O–H groups in total. The molecular weight excluding hydrogens is 295 g/mol. The quantitative estimate of drug-likeness (QED) is 0.891. The summed E-state index contributed by atoms with van der Waals surface area (Å²) in [7, 11) is -3.98. The number of carbonyl (C=O) groups is 1. The lowest BCUT2D eigenvalue weighted by Crippen LogP contribution is -2.34. The molecule has 21 heavy (non-hydrogen) atoms. The first-order chi connectivity index (χ1) is 9.58. The molecule has 0 heterocycles. The minimum absolute atomic E-state index is 0.0183. The zero-order chi connectivity index (χ0) is 15.8. The van der Waals surface area contributed by atoms with Crippen LogP contribution in [0.2, 0.25) is 0 Å². The topological polar surface area (TPSA) is 89.3 Å². The third-order valence-corrected chi connectivity index (χ3v) is 4.73. The molecule has 7 heteroatoms. The van der Waals surface area contributed by atoms with E-state index in [0.29, 0.717) is 0 Å². The van der Waals surface area contributed by atoms with E-state index in [2.05, 4.69) is 19.2 Å². The van der Waals surface area contributed by atoms with Crippen molar-refractivity contribution in [1.29, 1.82) is 0 Å². The maximum atomic E-state index is 13.9.